The highest BCUT2D eigenvalue weighted by Crippen LogP contribution is 2.33. The van der Waals surface area contributed by atoms with Gasteiger partial charge in [-0.05, 0) is 57.0 Å². The van der Waals surface area contributed by atoms with Gasteiger partial charge in [0.05, 0.1) is 25.0 Å². The van der Waals surface area contributed by atoms with Crippen molar-refractivity contribution in [3.05, 3.63) is 41.7 Å². The van der Waals surface area contributed by atoms with E-state index < -0.39 is 11.3 Å². The molecule has 0 unspecified atom stereocenters. The first-order valence-electron chi connectivity index (χ1n) is 9.36. The van der Waals surface area contributed by atoms with E-state index in [9.17, 15) is 5.11 Å². The van der Waals surface area contributed by atoms with Gasteiger partial charge in [-0.3, -0.25) is 0 Å². The third kappa shape index (κ3) is 3.23. The Kier molecular flexibility index (Phi) is 4.37. The van der Waals surface area contributed by atoms with Crippen LogP contribution in [0, 0.1) is 6.92 Å². The lowest BCUT2D eigenvalue weighted by Crippen LogP contribution is -2.61. The molecule has 1 aliphatic rings. The molecule has 1 saturated heterocycles. The van der Waals surface area contributed by atoms with Gasteiger partial charge in [0.2, 0.25) is 0 Å². The molecule has 3 N–H and O–H groups in total. The number of aryl methyl sites for hydroxylation is 1. The maximum Gasteiger partial charge on any atom is 0.167 e. The molecule has 148 valence electrons. The third-order valence-corrected chi connectivity index (χ3v) is 5.05. The number of anilines is 1. The van der Waals surface area contributed by atoms with Crippen molar-refractivity contribution in [1.82, 2.24) is 19.7 Å². The number of ether oxygens (including phenoxy) is 1. The maximum absolute atomic E-state index is 10.8. The smallest absolute Gasteiger partial charge is 0.167 e. The SMILES string of the molecule is Cc1ccnc(-n2ncc3c(C(C)(C)O)cc(N4CCOC[C@@]4(C)N)nc32)c1. The number of hydrogen-bond donors (Lipinski definition) is 2. The quantitative estimate of drug-likeness (QED) is 0.713. The number of rotatable bonds is 3. The normalized spacial score (nSPS) is 20.7. The first-order valence-corrected chi connectivity index (χ1v) is 9.36. The van der Waals surface area contributed by atoms with Crippen LogP contribution in [0.4, 0.5) is 5.82 Å². The molecular formula is C20H26N6O2. The number of morpholine rings is 1. The van der Waals surface area contributed by atoms with Crippen LogP contribution in [0.3, 0.4) is 0 Å². The summed E-state index contributed by atoms with van der Waals surface area (Å²) in [6.07, 6.45) is 3.47. The Morgan fingerprint density at radius 2 is 2.07 bits per heavy atom. The number of aliphatic hydroxyl groups is 1. The van der Waals surface area contributed by atoms with E-state index in [1.165, 1.54) is 0 Å². The van der Waals surface area contributed by atoms with E-state index in [1.54, 1.807) is 30.9 Å². The van der Waals surface area contributed by atoms with Crippen LogP contribution in [0.5, 0.6) is 0 Å². The van der Waals surface area contributed by atoms with Gasteiger partial charge in [0.1, 0.15) is 11.5 Å². The van der Waals surface area contributed by atoms with Gasteiger partial charge in [0, 0.05) is 18.1 Å². The van der Waals surface area contributed by atoms with E-state index >= 15 is 0 Å². The first kappa shape index (κ1) is 18.8. The molecule has 1 atom stereocenters. The van der Waals surface area contributed by atoms with Gasteiger partial charge in [-0.15, -0.1) is 0 Å². The van der Waals surface area contributed by atoms with Gasteiger partial charge >= 0.3 is 0 Å². The second-order valence-corrected chi connectivity index (χ2v) is 8.13. The lowest BCUT2D eigenvalue weighted by atomic mass is 9.96. The summed E-state index contributed by atoms with van der Waals surface area (Å²) in [4.78, 5) is 11.3. The fourth-order valence-corrected chi connectivity index (χ4v) is 3.58. The highest BCUT2D eigenvalue weighted by molar-refractivity contribution is 5.83. The molecule has 0 saturated carbocycles. The Morgan fingerprint density at radius 1 is 1.29 bits per heavy atom. The number of aromatic nitrogens is 4. The second kappa shape index (κ2) is 6.51. The molecule has 0 bridgehead atoms. The van der Waals surface area contributed by atoms with Crippen LogP contribution < -0.4 is 10.6 Å². The minimum absolute atomic E-state index is 0.406. The van der Waals surface area contributed by atoms with Crippen LogP contribution in [-0.4, -0.2) is 50.3 Å². The number of nitrogens with zero attached hydrogens (tertiary/aromatic N) is 5. The van der Waals surface area contributed by atoms with E-state index in [4.69, 9.17) is 15.5 Å². The van der Waals surface area contributed by atoms with Crippen LogP contribution >= 0.6 is 0 Å². The molecule has 3 aromatic heterocycles. The van der Waals surface area contributed by atoms with E-state index in [0.29, 0.717) is 37.0 Å². The Balaban J connectivity index is 1.96. The predicted octanol–water partition coefficient (Wildman–Crippen LogP) is 1.86. The summed E-state index contributed by atoms with van der Waals surface area (Å²) in [5.41, 5.74) is 7.16. The van der Waals surface area contributed by atoms with Crippen LogP contribution in [-0.2, 0) is 10.3 Å². The van der Waals surface area contributed by atoms with Crippen molar-refractivity contribution in [3.8, 4) is 5.82 Å². The molecule has 8 nitrogen and oxygen atoms in total. The fraction of sp³-hybridized carbons (Fsp3) is 0.450. The molecular weight excluding hydrogens is 356 g/mol. The van der Waals surface area contributed by atoms with Crippen molar-refractivity contribution >= 4 is 16.9 Å². The Labute approximate surface area is 164 Å². The molecule has 4 heterocycles. The van der Waals surface area contributed by atoms with E-state index in [-0.39, 0.29) is 0 Å². The van der Waals surface area contributed by atoms with E-state index in [0.717, 1.165) is 16.5 Å². The molecule has 0 aromatic carbocycles. The molecule has 0 spiro atoms. The van der Waals surface area contributed by atoms with Crippen molar-refractivity contribution in [3.63, 3.8) is 0 Å². The molecule has 3 aromatic rings. The van der Waals surface area contributed by atoms with Gasteiger partial charge in [-0.2, -0.15) is 9.78 Å². The average molecular weight is 382 g/mol. The molecule has 1 aliphatic heterocycles. The lowest BCUT2D eigenvalue weighted by molar-refractivity contribution is 0.0588. The average Bonchev–Trinajstić information content (AvgIpc) is 3.03. The Morgan fingerprint density at radius 3 is 2.75 bits per heavy atom. The molecule has 1 fully saturated rings. The Bertz CT molecular complexity index is 1020. The zero-order chi connectivity index (χ0) is 20.1. The van der Waals surface area contributed by atoms with E-state index in [1.807, 2.05) is 36.9 Å². The Hall–Kier alpha value is -2.55. The summed E-state index contributed by atoms with van der Waals surface area (Å²) < 4.78 is 7.25. The van der Waals surface area contributed by atoms with E-state index in [2.05, 4.69) is 10.1 Å². The first-order chi connectivity index (χ1) is 13.2. The van der Waals surface area contributed by atoms with Crippen LogP contribution in [0.25, 0.3) is 16.9 Å². The van der Waals surface area contributed by atoms with Crippen molar-refractivity contribution in [1.29, 1.82) is 0 Å². The van der Waals surface area contributed by atoms with Crippen molar-refractivity contribution in [2.45, 2.75) is 39.0 Å². The largest absolute Gasteiger partial charge is 0.386 e. The van der Waals surface area contributed by atoms with Gasteiger partial charge in [0.25, 0.3) is 0 Å². The topological polar surface area (TPSA) is 102 Å². The summed E-state index contributed by atoms with van der Waals surface area (Å²) in [6.45, 7) is 9.04. The molecule has 0 amide bonds. The number of fused-ring (bicyclic) bond motifs is 1. The summed E-state index contributed by atoms with van der Waals surface area (Å²) >= 11 is 0. The number of hydrogen-bond acceptors (Lipinski definition) is 7. The third-order valence-electron chi connectivity index (χ3n) is 5.05. The van der Waals surface area contributed by atoms with Gasteiger partial charge in [-0.25, -0.2) is 9.97 Å². The standard InChI is InChI=1S/C20H26N6O2/c1-13-5-6-22-16(9-13)26-18-14(11-23-26)15(19(2,3)27)10-17(24-18)25-7-8-28-12-20(25,4)21/h5-6,9-11,27H,7-8,12,21H2,1-4H3/t20-/m0/s1. The van der Waals surface area contributed by atoms with Crippen molar-refractivity contribution in [2.75, 3.05) is 24.7 Å². The molecule has 0 aliphatic carbocycles. The monoisotopic (exact) mass is 382 g/mol. The summed E-state index contributed by atoms with van der Waals surface area (Å²) in [5.74, 6) is 1.37. The summed E-state index contributed by atoms with van der Waals surface area (Å²) in [6, 6.07) is 5.78. The van der Waals surface area contributed by atoms with Crippen molar-refractivity contribution < 1.29 is 9.84 Å². The zero-order valence-corrected chi connectivity index (χ0v) is 16.7. The zero-order valence-electron chi connectivity index (χ0n) is 16.7. The van der Waals surface area contributed by atoms with Gasteiger partial charge in [0.15, 0.2) is 11.5 Å². The van der Waals surface area contributed by atoms with Crippen LogP contribution in [0.2, 0.25) is 0 Å². The molecule has 0 radical (unpaired) electrons. The van der Waals surface area contributed by atoms with Gasteiger partial charge < -0.3 is 20.5 Å². The number of nitrogens with two attached hydrogens (primary N) is 1. The minimum Gasteiger partial charge on any atom is -0.386 e. The van der Waals surface area contributed by atoms with Crippen LogP contribution in [0.1, 0.15) is 31.9 Å². The summed E-state index contributed by atoms with van der Waals surface area (Å²) in [5, 5.41) is 16.1. The van der Waals surface area contributed by atoms with Crippen LogP contribution in [0.15, 0.2) is 30.6 Å². The highest BCUT2D eigenvalue weighted by atomic mass is 16.5. The second-order valence-electron chi connectivity index (χ2n) is 8.13. The van der Waals surface area contributed by atoms with Crippen molar-refractivity contribution in [2.24, 2.45) is 5.73 Å². The number of pyridine rings is 2. The maximum atomic E-state index is 10.8. The molecule has 4 rings (SSSR count). The summed E-state index contributed by atoms with van der Waals surface area (Å²) in [7, 11) is 0. The fourth-order valence-electron chi connectivity index (χ4n) is 3.58. The highest BCUT2D eigenvalue weighted by Gasteiger charge is 2.34. The predicted molar refractivity (Wildman–Crippen MR) is 107 cm³/mol. The van der Waals surface area contributed by atoms with Gasteiger partial charge in [-0.1, -0.05) is 0 Å². The molecule has 8 heteroatoms. The molecule has 28 heavy (non-hydrogen) atoms. The lowest BCUT2D eigenvalue weighted by Gasteiger charge is -2.42. The minimum atomic E-state index is -1.07.